The molecule has 1 N–H and O–H groups in total. The first-order valence-corrected chi connectivity index (χ1v) is 6.24. The minimum absolute atomic E-state index is 0.408. The summed E-state index contributed by atoms with van der Waals surface area (Å²) in [5.41, 5.74) is 0. The minimum atomic E-state index is 0.408. The third-order valence-corrected chi connectivity index (χ3v) is 2.90. The average Bonchev–Trinajstić information content (AvgIpc) is 2.16. The zero-order valence-corrected chi connectivity index (χ0v) is 10.5. The first kappa shape index (κ1) is 12.9. The van der Waals surface area contributed by atoms with Crippen LogP contribution in [0.4, 0.5) is 0 Å². The number of unbranched alkanes of at least 4 members (excludes halogenated alkanes) is 2. The Morgan fingerprint density at radius 3 is 2.40 bits per heavy atom. The third kappa shape index (κ3) is 5.50. The predicted octanol–water partition coefficient (Wildman–Crippen LogP) is 1.49. The summed E-state index contributed by atoms with van der Waals surface area (Å²) in [4.78, 5) is 2.54. The van der Waals surface area contributed by atoms with Gasteiger partial charge in [-0.25, -0.2) is 0 Å². The topological polar surface area (TPSA) is 24.5 Å². The van der Waals surface area contributed by atoms with Crippen molar-refractivity contribution in [3.63, 3.8) is 0 Å². The number of hydrogen-bond donors (Lipinski definition) is 1. The Balaban J connectivity index is 2.04. The molecule has 1 rings (SSSR count). The van der Waals surface area contributed by atoms with Crippen molar-refractivity contribution in [1.82, 2.24) is 10.2 Å². The Bertz CT molecular complexity index is 154. The third-order valence-electron chi connectivity index (χ3n) is 2.90. The van der Waals surface area contributed by atoms with E-state index in [9.17, 15) is 0 Å². The quantitative estimate of drug-likeness (QED) is 0.678. The standard InChI is InChI=1S/C12H26N2O/c1-11-9-14(10-12(2)15-11)8-6-4-5-7-13-3/h11-13H,4-10H2,1-3H3/t11-,12+. The highest BCUT2D eigenvalue weighted by Gasteiger charge is 2.21. The number of hydrogen-bond acceptors (Lipinski definition) is 3. The van der Waals surface area contributed by atoms with Gasteiger partial charge in [-0.15, -0.1) is 0 Å². The molecule has 1 aliphatic rings. The molecular formula is C12H26N2O. The van der Waals surface area contributed by atoms with Gasteiger partial charge in [0.2, 0.25) is 0 Å². The Kier molecular flexibility index (Phi) is 6.22. The summed E-state index contributed by atoms with van der Waals surface area (Å²) in [5, 5.41) is 3.19. The molecule has 15 heavy (non-hydrogen) atoms. The van der Waals surface area contributed by atoms with Crippen LogP contribution >= 0.6 is 0 Å². The van der Waals surface area contributed by atoms with E-state index in [1.807, 2.05) is 7.05 Å². The monoisotopic (exact) mass is 214 g/mol. The van der Waals surface area contributed by atoms with Crippen molar-refractivity contribution in [2.24, 2.45) is 0 Å². The fourth-order valence-electron chi connectivity index (χ4n) is 2.28. The second-order valence-corrected chi connectivity index (χ2v) is 4.68. The van der Waals surface area contributed by atoms with E-state index in [4.69, 9.17) is 4.74 Å². The second kappa shape index (κ2) is 7.20. The molecule has 0 aliphatic carbocycles. The van der Waals surface area contributed by atoms with Crippen molar-refractivity contribution < 1.29 is 4.74 Å². The van der Waals surface area contributed by atoms with E-state index in [-0.39, 0.29) is 0 Å². The molecule has 1 heterocycles. The highest BCUT2D eigenvalue weighted by Crippen LogP contribution is 2.11. The van der Waals surface area contributed by atoms with E-state index in [1.165, 1.54) is 25.8 Å². The maximum Gasteiger partial charge on any atom is 0.0678 e. The molecule has 3 heteroatoms. The van der Waals surface area contributed by atoms with Crippen molar-refractivity contribution in [2.45, 2.75) is 45.3 Å². The second-order valence-electron chi connectivity index (χ2n) is 4.68. The summed E-state index contributed by atoms with van der Waals surface area (Å²) >= 11 is 0. The Labute approximate surface area is 94.2 Å². The number of morpholine rings is 1. The zero-order valence-electron chi connectivity index (χ0n) is 10.5. The highest BCUT2D eigenvalue weighted by molar-refractivity contribution is 4.72. The SMILES string of the molecule is CNCCCCCN1C[C@@H](C)O[C@@H](C)C1. The van der Waals surface area contributed by atoms with Gasteiger partial charge >= 0.3 is 0 Å². The van der Waals surface area contributed by atoms with E-state index >= 15 is 0 Å². The maximum atomic E-state index is 5.71. The van der Waals surface area contributed by atoms with Gasteiger partial charge in [0.05, 0.1) is 12.2 Å². The van der Waals surface area contributed by atoms with Crippen LogP contribution in [-0.2, 0) is 4.74 Å². The summed E-state index contributed by atoms with van der Waals surface area (Å²) < 4.78 is 5.71. The summed E-state index contributed by atoms with van der Waals surface area (Å²) in [5.74, 6) is 0. The lowest BCUT2D eigenvalue weighted by atomic mass is 10.2. The molecule has 3 nitrogen and oxygen atoms in total. The van der Waals surface area contributed by atoms with Gasteiger partial charge in [0.25, 0.3) is 0 Å². The first-order valence-electron chi connectivity index (χ1n) is 6.24. The van der Waals surface area contributed by atoms with Crippen LogP contribution in [0.25, 0.3) is 0 Å². The molecule has 0 radical (unpaired) electrons. The molecule has 2 atom stereocenters. The van der Waals surface area contributed by atoms with Gasteiger partial charge in [0.1, 0.15) is 0 Å². The number of ether oxygens (including phenoxy) is 1. The zero-order chi connectivity index (χ0) is 11.1. The number of rotatable bonds is 6. The molecule has 0 bridgehead atoms. The highest BCUT2D eigenvalue weighted by atomic mass is 16.5. The predicted molar refractivity (Wildman–Crippen MR) is 64.2 cm³/mol. The number of nitrogens with one attached hydrogen (secondary N) is 1. The van der Waals surface area contributed by atoms with Crippen LogP contribution < -0.4 is 5.32 Å². The van der Waals surface area contributed by atoms with Gasteiger partial charge in [-0.05, 0) is 46.8 Å². The fourth-order valence-corrected chi connectivity index (χ4v) is 2.28. The van der Waals surface area contributed by atoms with Gasteiger partial charge in [-0.3, -0.25) is 4.90 Å². The summed E-state index contributed by atoms with van der Waals surface area (Å²) in [6, 6.07) is 0. The molecule has 1 saturated heterocycles. The molecule has 1 fully saturated rings. The van der Waals surface area contributed by atoms with Crippen molar-refractivity contribution in [1.29, 1.82) is 0 Å². The normalized spacial score (nSPS) is 28.2. The van der Waals surface area contributed by atoms with E-state index < -0.39 is 0 Å². The molecular weight excluding hydrogens is 188 g/mol. The molecule has 0 aromatic rings. The van der Waals surface area contributed by atoms with Gasteiger partial charge < -0.3 is 10.1 Å². The maximum absolute atomic E-state index is 5.71. The molecule has 0 spiro atoms. The van der Waals surface area contributed by atoms with Crippen molar-refractivity contribution in [3.05, 3.63) is 0 Å². The van der Waals surface area contributed by atoms with Crippen LogP contribution in [0.3, 0.4) is 0 Å². The van der Waals surface area contributed by atoms with E-state index in [2.05, 4.69) is 24.1 Å². The average molecular weight is 214 g/mol. The largest absolute Gasteiger partial charge is 0.373 e. The van der Waals surface area contributed by atoms with Gasteiger partial charge in [0.15, 0.2) is 0 Å². The lowest BCUT2D eigenvalue weighted by Gasteiger charge is -2.35. The molecule has 0 amide bonds. The Morgan fingerprint density at radius 2 is 1.80 bits per heavy atom. The van der Waals surface area contributed by atoms with Crippen LogP contribution in [-0.4, -0.2) is 50.3 Å². The molecule has 1 aliphatic heterocycles. The van der Waals surface area contributed by atoms with Crippen LogP contribution in [0.1, 0.15) is 33.1 Å². The van der Waals surface area contributed by atoms with Gasteiger partial charge in [-0.1, -0.05) is 6.42 Å². The summed E-state index contributed by atoms with van der Waals surface area (Å²) in [6.45, 7) is 8.94. The van der Waals surface area contributed by atoms with E-state index in [1.54, 1.807) is 0 Å². The smallest absolute Gasteiger partial charge is 0.0678 e. The van der Waals surface area contributed by atoms with Crippen molar-refractivity contribution >= 4 is 0 Å². The summed E-state index contributed by atoms with van der Waals surface area (Å²) in [6.07, 6.45) is 4.77. The number of nitrogens with zero attached hydrogens (tertiary/aromatic N) is 1. The van der Waals surface area contributed by atoms with Crippen LogP contribution in [0.2, 0.25) is 0 Å². The molecule has 0 aromatic carbocycles. The van der Waals surface area contributed by atoms with Crippen molar-refractivity contribution in [2.75, 3.05) is 33.2 Å². The van der Waals surface area contributed by atoms with Crippen molar-refractivity contribution in [3.8, 4) is 0 Å². The lowest BCUT2D eigenvalue weighted by molar-refractivity contribution is -0.0681. The fraction of sp³-hybridized carbons (Fsp3) is 1.00. The van der Waals surface area contributed by atoms with Crippen LogP contribution in [0, 0.1) is 0 Å². The van der Waals surface area contributed by atoms with Crippen LogP contribution in [0.15, 0.2) is 0 Å². The van der Waals surface area contributed by atoms with E-state index in [0.29, 0.717) is 12.2 Å². The molecule has 90 valence electrons. The Morgan fingerprint density at radius 1 is 1.13 bits per heavy atom. The van der Waals surface area contributed by atoms with Gasteiger partial charge in [0, 0.05) is 13.1 Å². The summed E-state index contributed by atoms with van der Waals surface area (Å²) in [7, 11) is 2.02. The van der Waals surface area contributed by atoms with Crippen LogP contribution in [0.5, 0.6) is 0 Å². The molecule has 0 aromatic heterocycles. The minimum Gasteiger partial charge on any atom is -0.373 e. The Hall–Kier alpha value is -0.120. The molecule has 0 saturated carbocycles. The first-order chi connectivity index (χ1) is 7.22. The lowest BCUT2D eigenvalue weighted by Crippen LogP contribution is -2.45. The van der Waals surface area contributed by atoms with E-state index in [0.717, 1.165) is 19.6 Å². The van der Waals surface area contributed by atoms with Gasteiger partial charge in [-0.2, -0.15) is 0 Å². The molecule has 0 unspecified atom stereocenters.